The minimum atomic E-state index is -0.756. The van der Waals surface area contributed by atoms with Gasteiger partial charge in [-0.15, -0.1) is 0 Å². The van der Waals surface area contributed by atoms with Gasteiger partial charge in [0.05, 0.1) is 16.4 Å². The zero-order chi connectivity index (χ0) is 13.3. The Labute approximate surface area is 117 Å². The fraction of sp³-hybridized carbons (Fsp3) is 0.769. The van der Waals surface area contributed by atoms with E-state index in [1.165, 1.54) is 0 Å². The van der Waals surface area contributed by atoms with E-state index in [4.69, 9.17) is 0 Å². The van der Waals surface area contributed by atoms with Crippen molar-refractivity contribution in [2.45, 2.75) is 44.8 Å². The Hall–Kier alpha value is -0.390. The van der Waals surface area contributed by atoms with Crippen molar-refractivity contribution in [3.8, 4) is 0 Å². The van der Waals surface area contributed by atoms with Crippen molar-refractivity contribution < 1.29 is 5.11 Å². The Morgan fingerprint density at radius 1 is 1.39 bits per heavy atom. The van der Waals surface area contributed by atoms with E-state index < -0.39 is 5.60 Å². The first kappa shape index (κ1) is 14.0. The number of rotatable bonds is 2. The SMILES string of the molecule is CC(C)N1CCCC(O)(c2c(Br)cnn2C)CC1. The van der Waals surface area contributed by atoms with E-state index in [1.807, 2.05) is 7.05 Å². The third-order valence-corrected chi connectivity index (χ3v) is 4.49. The summed E-state index contributed by atoms with van der Waals surface area (Å²) in [7, 11) is 1.89. The molecule has 2 heterocycles. The molecule has 1 aliphatic rings. The van der Waals surface area contributed by atoms with Crippen LogP contribution in [0.15, 0.2) is 10.7 Å². The third-order valence-electron chi connectivity index (χ3n) is 3.91. The molecule has 1 aliphatic heterocycles. The van der Waals surface area contributed by atoms with Gasteiger partial charge in [-0.25, -0.2) is 0 Å². The number of nitrogens with zero attached hydrogens (tertiary/aromatic N) is 3. The van der Waals surface area contributed by atoms with E-state index in [0.717, 1.165) is 42.5 Å². The van der Waals surface area contributed by atoms with Gasteiger partial charge in [0.25, 0.3) is 0 Å². The van der Waals surface area contributed by atoms with E-state index >= 15 is 0 Å². The van der Waals surface area contributed by atoms with Gasteiger partial charge in [0.2, 0.25) is 0 Å². The van der Waals surface area contributed by atoms with Crippen LogP contribution in [0.4, 0.5) is 0 Å². The van der Waals surface area contributed by atoms with Gasteiger partial charge in [-0.05, 0) is 55.6 Å². The van der Waals surface area contributed by atoms with Crippen molar-refractivity contribution in [2.24, 2.45) is 7.05 Å². The Balaban J connectivity index is 2.22. The summed E-state index contributed by atoms with van der Waals surface area (Å²) in [6.45, 7) is 6.43. The first-order valence-corrected chi connectivity index (χ1v) is 7.38. The van der Waals surface area contributed by atoms with Crippen LogP contribution in [0.1, 0.15) is 38.8 Å². The van der Waals surface area contributed by atoms with Gasteiger partial charge in [-0.1, -0.05) is 0 Å². The fourth-order valence-corrected chi connectivity index (χ4v) is 3.54. The van der Waals surface area contributed by atoms with E-state index in [1.54, 1.807) is 10.9 Å². The van der Waals surface area contributed by atoms with Crippen molar-refractivity contribution in [1.82, 2.24) is 14.7 Å². The number of aliphatic hydroxyl groups is 1. The molecule has 0 amide bonds. The Bertz CT molecular complexity index is 399. The molecular weight excluding hydrogens is 294 g/mol. The molecule has 102 valence electrons. The van der Waals surface area contributed by atoms with Crippen molar-refractivity contribution in [3.63, 3.8) is 0 Å². The summed E-state index contributed by atoms with van der Waals surface area (Å²) in [5.74, 6) is 0. The molecule has 0 aliphatic carbocycles. The van der Waals surface area contributed by atoms with Gasteiger partial charge in [0.15, 0.2) is 0 Å². The van der Waals surface area contributed by atoms with Gasteiger partial charge in [-0.2, -0.15) is 5.10 Å². The highest BCUT2D eigenvalue weighted by atomic mass is 79.9. The molecule has 4 nitrogen and oxygen atoms in total. The summed E-state index contributed by atoms with van der Waals surface area (Å²) in [6, 6.07) is 0.544. The Morgan fingerprint density at radius 2 is 2.11 bits per heavy atom. The number of aryl methyl sites for hydroxylation is 1. The van der Waals surface area contributed by atoms with Gasteiger partial charge < -0.3 is 10.0 Å². The summed E-state index contributed by atoms with van der Waals surface area (Å²) < 4.78 is 2.69. The molecule has 5 heteroatoms. The lowest BCUT2D eigenvalue weighted by Crippen LogP contribution is -2.34. The van der Waals surface area contributed by atoms with E-state index in [9.17, 15) is 5.11 Å². The van der Waals surface area contributed by atoms with Crippen LogP contribution in [0, 0.1) is 0 Å². The monoisotopic (exact) mass is 315 g/mol. The molecule has 0 bridgehead atoms. The van der Waals surface area contributed by atoms with Crippen LogP contribution in [0.5, 0.6) is 0 Å². The fourth-order valence-electron chi connectivity index (χ4n) is 2.83. The number of aromatic nitrogens is 2. The minimum Gasteiger partial charge on any atom is -0.383 e. The summed E-state index contributed by atoms with van der Waals surface area (Å²) in [5.41, 5.74) is 0.154. The topological polar surface area (TPSA) is 41.3 Å². The van der Waals surface area contributed by atoms with Crippen molar-refractivity contribution in [2.75, 3.05) is 13.1 Å². The van der Waals surface area contributed by atoms with Gasteiger partial charge in [0.1, 0.15) is 5.60 Å². The van der Waals surface area contributed by atoms with Crippen molar-refractivity contribution >= 4 is 15.9 Å². The number of hydrogen-bond donors (Lipinski definition) is 1. The minimum absolute atomic E-state index is 0.544. The van der Waals surface area contributed by atoms with Crippen LogP contribution in [0.3, 0.4) is 0 Å². The number of likely N-dealkylation sites (tertiary alicyclic amines) is 1. The smallest absolute Gasteiger partial charge is 0.109 e. The van der Waals surface area contributed by atoms with Gasteiger partial charge in [0, 0.05) is 19.6 Å². The summed E-state index contributed by atoms with van der Waals surface area (Å²) in [6.07, 6.45) is 4.35. The zero-order valence-electron chi connectivity index (χ0n) is 11.4. The lowest BCUT2D eigenvalue weighted by molar-refractivity contribution is 0.0119. The molecule has 0 spiro atoms. The van der Waals surface area contributed by atoms with Crippen LogP contribution < -0.4 is 0 Å². The molecule has 1 unspecified atom stereocenters. The van der Waals surface area contributed by atoms with E-state index in [2.05, 4.69) is 39.8 Å². The van der Waals surface area contributed by atoms with Crippen LogP contribution in [0.25, 0.3) is 0 Å². The second-order valence-corrected chi connectivity index (χ2v) is 6.33. The quantitative estimate of drug-likeness (QED) is 0.910. The molecule has 1 saturated heterocycles. The first-order chi connectivity index (χ1) is 8.44. The molecule has 1 N–H and O–H groups in total. The highest BCUT2D eigenvalue weighted by Crippen LogP contribution is 2.36. The summed E-state index contributed by atoms with van der Waals surface area (Å²) >= 11 is 3.50. The van der Waals surface area contributed by atoms with Crippen molar-refractivity contribution in [3.05, 3.63) is 16.4 Å². The average molecular weight is 316 g/mol. The van der Waals surface area contributed by atoms with E-state index in [0.29, 0.717) is 6.04 Å². The molecule has 1 atom stereocenters. The zero-order valence-corrected chi connectivity index (χ0v) is 12.9. The first-order valence-electron chi connectivity index (χ1n) is 6.58. The Kier molecular flexibility index (Phi) is 4.14. The predicted molar refractivity (Wildman–Crippen MR) is 75.4 cm³/mol. The molecular formula is C13H22BrN3O. The highest BCUT2D eigenvalue weighted by Gasteiger charge is 2.36. The standard InChI is InChI=1S/C13H22BrN3O/c1-10(2)17-7-4-5-13(18,6-8-17)12-11(14)9-15-16(12)3/h9-10,18H,4-8H2,1-3H3. The second kappa shape index (κ2) is 5.31. The number of hydrogen-bond acceptors (Lipinski definition) is 3. The maximum absolute atomic E-state index is 11.0. The summed E-state index contributed by atoms with van der Waals surface area (Å²) in [5, 5.41) is 15.2. The molecule has 1 aromatic rings. The second-order valence-electron chi connectivity index (χ2n) is 5.48. The lowest BCUT2D eigenvalue weighted by Gasteiger charge is -2.28. The maximum Gasteiger partial charge on any atom is 0.109 e. The molecule has 1 fully saturated rings. The van der Waals surface area contributed by atoms with Crippen molar-refractivity contribution in [1.29, 1.82) is 0 Å². The average Bonchev–Trinajstić information content (AvgIpc) is 2.52. The molecule has 2 rings (SSSR count). The van der Waals surface area contributed by atoms with Crippen LogP contribution >= 0.6 is 15.9 Å². The molecule has 0 saturated carbocycles. The lowest BCUT2D eigenvalue weighted by atomic mass is 9.91. The normalized spacial score (nSPS) is 26.6. The van der Waals surface area contributed by atoms with Crippen LogP contribution in [-0.2, 0) is 12.6 Å². The maximum atomic E-state index is 11.0. The Morgan fingerprint density at radius 3 is 2.67 bits per heavy atom. The predicted octanol–water partition coefficient (Wildman–Crippen LogP) is 2.26. The molecule has 18 heavy (non-hydrogen) atoms. The van der Waals surface area contributed by atoms with Gasteiger partial charge >= 0.3 is 0 Å². The summed E-state index contributed by atoms with van der Waals surface area (Å²) in [4.78, 5) is 2.43. The molecule has 0 radical (unpaired) electrons. The molecule has 1 aromatic heterocycles. The highest BCUT2D eigenvalue weighted by molar-refractivity contribution is 9.10. The third kappa shape index (κ3) is 2.63. The largest absolute Gasteiger partial charge is 0.383 e. The number of halogens is 1. The van der Waals surface area contributed by atoms with Gasteiger partial charge in [-0.3, -0.25) is 4.68 Å². The van der Waals surface area contributed by atoms with Crippen LogP contribution in [-0.4, -0.2) is 38.9 Å². The van der Waals surface area contributed by atoms with E-state index in [-0.39, 0.29) is 0 Å². The van der Waals surface area contributed by atoms with Crippen LogP contribution in [0.2, 0.25) is 0 Å². The molecule has 0 aromatic carbocycles.